The van der Waals surface area contributed by atoms with E-state index >= 15 is 0 Å². The summed E-state index contributed by atoms with van der Waals surface area (Å²) < 4.78 is 5.34. The van der Waals surface area contributed by atoms with E-state index < -0.39 is 18.0 Å². The summed E-state index contributed by atoms with van der Waals surface area (Å²) in [5.74, 6) is -1.80. The van der Waals surface area contributed by atoms with Crippen LogP contribution in [0.2, 0.25) is 0 Å². The average molecular weight is 332 g/mol. The molecule has 24 heavy (non-hydrogen) atoms. The second kappa shape index (κ2) is 7.00. The monoisotopic (exact) mass is 332 g/mol. The number of hydrogen-bond donors (Lipinski definition) is 2. The topological polar surface area (TPSA) is 95.9 Å². The second-order valence-electron chi connectivity index (χ2n) is 6.15. The molecule has 0 bridgehead atoms. The molecule has 2 aliphatic heterocycles. The lowest BCUT2D eigenvalue weighted by molar-refractivity contribution is -0.141. The largest absolute Gasteiger partial charge is 0.481 e. The van der Waals surface area contributed by atoms with Gasteiger partial charge in [0, 0.05) is 30.9 Å². The van der Waals surface area contributed by atoms with E-state index in [9.17, 15) is 14.4 Å². The molecule has 1 aromatic rings. The Morgan fingerprint density at radius 1 is 1.25 bits per heavy atom. The van der Waals surface area contributed by atoms with Gasteiger partial charge >= 0.3 is 5.97 Å². The highest BCUT2D eigenvalue weighted by Crippen LogP contribution is 2.21. The molecule has 2 fully saturated rings. The molecule has 3 rings (SSSR count). The molecule has 0 radical (unpaired) electrons. The maximum Gasteiger partial charge on any atom is 0.308 e. The van der Waals surface area contributed by atoms with Gasteiger partial charge in [0.1, 0.15) is 6.10 Å². The Balaban J connectivity index is 1.65. The number of amides is 2. The molecular formula is C17H20N2O5. The molecule has 0 spiro atoms. The number of likely N-dealkylation sites (tertiary alicyclic amines) is 1. The number of anilines is 1. The molecule has 0 aromatic heterocycles. The van der Waals surface area contributed by atoms with Gasteiger partial charge in [-0.2, -0.15) is 0 Å². The van der Waals surface area contributed by atoms with Gasteiger partial charge < -0.3 is 20.1 Å². The van der Waals surface area contributed by atoms with Crippen LogP contribution >= 0.6 is 0 Å². The zero-order chi connectivity index (χ0) is 17.1. The first kappa shape index (κ1) is 16.4. The zero-order valence-electron chi connectivity index (χ0n) is 13.2. The van der Waals surface area contributed by atoms with Gasteiger partial charge in [0.25, 0.3) is 11.8 Å². The van der Waals surface area contributed by atoms with Gasteiger partial charge in [0.2, 0.25) is 0 Å². The molecule has 7 heteroatoms. The maximum absolute atomic E-state index is 12.5. The summed E-state index contributed by atoms with van der Waals surface area (Å²) in [6, 6.07) is 6.69. The van der Waals surface area contributed by atoms with Crippen molar-refractivity contribution in [2.45, 2.75) is 25.4 Å². The number of ether oxygens (including phenoxy) is 1. The van der Waals surface area contributed by atoms with Gasteiger partial charge in [-0.25, -0.2) is 0 Å². The van der Waals surface area contributed by atoms with E-state index in [0.29, 0.717) is 37.2 Å². The van der Waals surface area contributed by atoms with Crippen molar-refractivity contribution in [1.29, 1.82) is 0 Å². The first-order valence-electron chi connectivity index (χ1n) is 8.09. The Kier molecular flexibility index (Phi) is 4.80. The first-order valence-corrected chi connectivity index (χ1v) is 8.09. The number of nitrogens with one attached hydrogen (secondary N) is 1. The van der Waals surface area contributed by atoms with Gasteiger partial charge in [0.05, 0.1) is 5.92 Å². The highest BCUT2D eigenvalue weighted by atomic mass is 16.5. The van der Waals surface area contributed by atoms with Crippen molar-refractivity contribution < 1.29 is 24.2 Å². The Morgan fingerprint density at radius 2 is 2.08 bits per heavy atom. The van der Waals surface area contributed by atoms with E-state index in [4.69, 9.17) is 9.84 Å². The molecule has 128 valence electrons. The van der Waals surface area contributed by atoms with Crippen LogP contribution in [-0.4, -0.2) is 53.6 Å². The zero-order valence-corrected chi connectivity index (χ0v) is 13.2. The summed E-state index contributed by atoms with van der Waals surface area (Å²) in [7, 11) is 0. The molecule has 2 N–H and O–H groups in total. The van der Waals surface area contributed by atoms with Crippen LogP contribution in [0.3, 0.4) is 0 Å². The number of rotatable bonds is 4. The standard InChI is InChI=1S/C17H20N2O5/c20-15(14-5-2-8-24-14)18-13-4-1-3-11(9-13)16(21)19-7-6-12(10-19)17(22)23/h1,3-4,9,12,14H,2,5-8,10H2,(H,18,20)(H,22,23). The Bertz CT molecular complexity index is 654. The lowest BCUT2D eigenvalue weighted by Gasteiger charge is -2.17. The number of carbonyl (C=O) groups is 3. The highest BCUT2D eigenvalue weighted by Gasteiger charge is 2.31. The SMILES string of the molecule is O=C(O)C1CCN(C(=O)c2cccc(NC(=O)C3CCCO3)c2)C1. The highest BCUT2D eigenvalue weighted by molar-refractivity contribution is 5.98. The summed E-state index contributed by atoms with van der Waals surface area (Å²) in [4.78, 5) is 37.1. The molecule has 2 saturated heterocycles. The third-order valence-electron chi connectivity index (χ3n) is 4.42. The number of aliphatic carboxylic acids is 1. The summed E-state index contributed by atoms with van der Waals surface area (Å²) in [5.41, 5.74) is 0.974. The summed E-state index contributed by atoms with van der Waals surface area (Å²) >= 11 is 0. The summed E-state index contributed by atoms with van der Waals surface area (Å²) in [6.07, 6.45) is 1.61. The fourth-order valence-corrected chi connectivity index (χ4v) is 3.07. The van der Waals surface area contributed by atoms with Gasteiger partial charge in [-0.1, -0.05) is 6.07 Å². The van der Waals surface area contributed by atoms with Crippen molar-refractivity contribution in [2.24, 2.45) is 5.92 Å². The van der Waals surface area contributed by atoms with Gasteiger partial charge in [-0.05, 0) is 37.5 Å². The number of carboxylic acid groups (broad SMARTS) is 1. The predicted octanol–water partition coefficient (Wildman–Crippen LogP) is 1.35. The fourth-order valence-electron chi connectivity index (χ4n) is 3.07. The molecule has 0 aliphatic carbocycles. The minimum atomic E-state index is -0.872. The number of benzene rings is 1. The van der Waals surface area contributed by atoms with E-state index in [2.05, 4.69) is 5.32 Å². The van der Waals surface area contributed by atoms with E-state index in [1.165, 1.54) is 0 Å². The second-order valence-corrected chi connectivity index (χ2v) is 6.15. The molecule has 2 atom stereocenters. The van der Waals surface area contributed by atoms with Crippen molar-refractivity contribution in [1.82, 2.24) is 4.90 Å². The quantitative estimate of drug-likeness (QED) is 0.868. The number of nitrogens with zero attached hydrogens (tertiary/aromatic N) is 1. The van der Waals surface area contributed by atoms with Crippen LogP contribution in [0.1, 0.15) is 29.6 Å². The molecule has 7 nitrogen and oxygen atoms in total. The van der Waals surface area contributed by atoms with Crippen molar-refractivity contribution >= 4 is 23.5 Å². The van der Waals surface area contributed by atoms with Gasteiger partial charge in [0.15, 0.2) is 0 Å². The Morgan fingerprint density at radius 3 is 2.75 bits per heavy atom. The van der Waals surface area contributed by atoms with Crippen LogP contribution in [0.15, 0.2) is 24.3 Å². The van der Waals surface area contributed by atoms with Crippen molar-refractivity contribution in [3.8, 4) is 0 Å². The molecule has 1 aromatic carbocycles. The van der Waals surface area contributed by atoms with Crippen LogP contribution in [0.4, 0.5) is 5.69 Å². The fraction of sp³-hybridized carbons (Fsp3) is 0.471. The number of hydrogen-bond acceptors (Lipinski definition) is 4. The maximum atomic E-state index is 12.5. The smallest absolute Gasteiger partial charge is 0.308 e. The van der Waals surface area contributed by atoms with E-state index in [1.807, 2.05) is 0 Å². The van der Waals surface area contributed by atoms with Crippen molar-refractivity contribution in [3.05, 3.63) is 29.8 Å². The average Bonchev–Trinajstić information content (AvgIpc) is 3.26. The van der Waals surface area contributed by atoms with Crippen LogP contribution in [0.25, 0.3) is 0 Å². The summed E-state index contributed by atoms with van der Waals surface area (Å²) in [6.45, 7) is 1.25. The van der Waals surface area contributed by atoms with Crippen LogP contribution in [-0.2, 0) is 14.3 Å². The lowest BCUT2D eigenvalue weighted by Crippen LogP contribution is -2.30. The Hall–Kier alpha value is -2.41. The first-order chi connectivity index (χ1) is 11.5. The molecule has 0 saturated carbocycles. The number of carbonyl (C=O) groups excluding carboxylic acids is 2. The van der Waals surface area contributed by atoms with Crippen LogP contribution < -0.4 is 5.32 Å². The van der Waals surface area contributed by atoms with E-state index in [1.54, 1.807) is 29.2 Å². The number of carboxylic acids is 1. The third kappa shape index (κ3) is 3.56. The predicted molar refractivity (Wildman–Crippen MR) is 85.7 cm³/mol. The van der Waals surface area contributed by atoms with Crippen molar-refractivity contribution in [3.63, 3.8) is 0 Å². The molecule has 2 unspecified atom stereocenters. The molecule has 2 heterocycles. The molecule has 2 aliphatic rings. The van der Waals surface area contributed by atoms with Gasteiger partial charge in [-0.15, -0.1) is 0 Å². The normalized spacial score (nSPS) is 23.2. The van der Waals surface area contributed by atoms with Gasteiger partial charge in [-0.3, -0.25) is 14.4 Å². The minimum Gasteiger partial charge on any atom is -0.481 e. The van der Waals surface area contributed by atoms with Crippen LogP contribution in [0.5, 0.6) is 0 Å². The Labute approximate surface area is 139 Å². The minimum absolute atomic E-state index is 0.204. The molecule has 2 amide bonds. The molecular weight excluding hydrogens is 312 g/mol. The van der Waals surface area contributed by atoms with E-state index in [0.717, 1.165) is 6.42 Å². The lowest BCUT2D eigenvalue weighted by atomic mass is 10.1. The van der Waals surface area contributed by atoms with Crippen molar-refractivity contribution in [2.75, 3.05) is 25.0 Å². The van der Waals surface area contributed by atoms with E-state index in [-0.39, 0.29) is 18.4 Å². The third-order valence-corrected chi connectivity index (χ3v) is 4.42. The van der Waals surface area contributed by atoms with Crippen LogP contribution in [0, 0.1) is 5.92 Å². The summed E-state index contributed by atoms with van der Waals surface area (Å²) in [5, 5.41) is 11.8.